The number of nitrogens with zero attached hydrogens (tertiary/aromatic N) is 1. The van der Waals surface area contributed by atoms with Crippen molar-refractivity contribution in [1.82, 2.24) is 4.90 Å². The molecule has 1 unspecified atom stereocenters. The maximum absolute atomic E-state index is 12.0. The van der Waals surface area contributed by atoms with Gasteiger partial charge in [0.15, 0.2) is 0 Å². The van der Waals surface area contributed by atoms with Crippen LogP contribution in [0.3, 0.4) is 0 Å². The molecular weight excluding hydrogens is 206 g/mol. The molecule has 2 rings (SSSR count). The van der Waals surface area contributed by atoms with E-state index in [-0.39, 0.29) is 18.4 Å². The zero-order chi connectivity index (χ0) is 11.9. The average Bonchev–Trinajstić information content (AvgIpc) is 2.51. The van der Waals surface area contributed by atoms with Gasteiger partial charge in [0.2, 0.25) is 0 Å². The van der Waals surface area contributed by atoms with E-state index < -0.39 is 6.04 Å². The summed E-state index contributed by atoms with van der Waals surface area (Å²) in [5.74, 6) is -0.633. The van der Waals surface area contributed by atoms with Crippen LogP contribution in [-0.4, -0.2) is 34.5 Å². The highest BCUT2D eigenvalue weighted by Gasteiger charge is 2.37. The number of hydrogen-bond donors (Lipinski definition) is 1. The first-order valence-electron chi connectivity index (χ1n) is 5.15. The van der Waals surface area contributed by atoms with E-state index >= 15 is 0 Å². The summed E-state index contributed by atoms with van der Waals surface area (Å²) in [5.41, 5.74) is 1.81. The topological polar surface area (TPSA) is 57.6 Å². The van der Waals surface area contributed by atoms with Gasteiger partial charge in [0, 0.05) is 0 Å². The summed E-state index contributed by atoms with van der Waals surface area (Å²) < 4.78 is 0. The number of aryl methyl sites for hydroxylation is 1. The van der Waals surface area contributed by atoms with Crippen LogP contribution in [0.25, 0.3) is 0 Å². The molecule has 84 valence electrons. The van der Waals surface area contributed by atoms with Crippen molar-refractivity contribution in [2.24, 2.45) is 0 Å². The van der Waals surface area contributed by atoms with E-state index in [1.807, 2.05) is 6.92 Å². The van der Waals surface area contributed by atoms with Crippen molar-refractivity contribution in [1.29, 1.82) is 0 Å². The predicted molar refractivity (Wildman–Crippen MR) is 58.2 cm³/mol. The number of amides is 2. The maximum atomic E-state index is 12.0. The van der Waals surface area contributed by atoms with Gasteiger partial charge < -0.3 is 5.11 Å². The smallest absolute Gasteiger partial charge is 0.261 e. The van der Waals surface area contributed by atoms with Crippen LogP contribution < -0.4 is 0 Å². The van der Waals surface area contributed by atoms with Crippen LogP contribution in [0.4, 0.5) is 0 Å². The fourth-order valence-corrected chi connectivity index (χ4v) is 1.86. The van der Waals surface area contributed by atoms with Crippen LogP contribution in [0, 0.1) is 6.92 Å². The quantitative estimate of drug-likeness (QED) is 0.754. The fourth-order valence-electron chi connectivity index (χ4n) is 1.86. The van der Waals surface area contributed by atoms with Crippen molar-refractivity contribution < 1.29 is 14.7 Å². The molecule has 4 heteroatoms. The molecule has 0 radical (unpaired) electrons. The molecule has 0 fully saturated rings. The lowest BCUT2D eigenvalue weighted by Gasteiger charge is -2.19. The number of aliphatic hydroxyl groups is 1. The Balaban J connectivity index is 2.48. The van der Waals surface area contributed by atoms with Gasteiger partial charge in [-0.05, 0) is 26.0 Å². The van der Waals surface area contributed by atoms with E-state index in [1.54, 1.807) is 25.1 Å². The highest BCUT2D eigenvalue weighted by molar-refractivity contribution is 6.21. The van der Waals surface area contributed by atoms with E-state index in [0.717, 1.165) is 10.5 Å². The molecule has 2 amide bonds. The lowest BCUT2D eigenvalue weighted by Crippen LogP contribution is -2.40. The zero-order valence-electron chi connectivity index (χ0n) is 9.23. The van der Waals surface area contributed by atoms with Gasteiger partial charge in [-0.25, -0.2) is 0 Å². The van der Waals surface area contributed by atoms with Crippen molar-refractivity contribution >= 4 is 11.8 Å². The van der Waals surface area contributed by atoms with E-state index in [1.165, 1.54) is 0 Å². The Kier molecular flexibility index (Phi) is 2.52. The van der Waals surface area contributed by atoms with Gasteiger partial charge in [-0.2, -0.15) is 0 Å². The van der Waals surface area contributed by atoms with Crippen LogP contribution >= 0.6 is 0 Å². The summed E-state index contributed by atoms with van der Waals surface area (Å²) >= 11 is 0. The monoisotopic (exact) mass is 219 g/mol. The molecule has 0 bridgehead atoms. The molecule has 0 spiro atoms. The highest BCUT2D eigenvalue weighted by atomic mass is 16.3. The van der Waals surface area contributed by atoms with Gasteiger partial charge in [-0.1, -0.05) is 11.6 Å². The first-order valence-corrected chi connectivity index (χ1v) is 5.15. The second kappa shape index (κ2) is 3.72. The minimum Gasteiger partial charge on any atom is -0.394 e. The normalized spacial score (nSPS) is 16.6. The Morgan fingerprint density at radius 3 is 2.50 bits per heavy atom. The molecule has 1 atom stereocenters. The van der Waals surface area contributed by atoms with Crippen molar-refractivity contribution in [3.8, 4) is 0 Å². The van der Waals surface area contributed by atoms with Crippen molar-refractivity contribution in [3.63, 3.8) is 0 Å². The molecule has 1 aliphatic rings. The summed E-state index contributed by atoms with van der Waals surface area (Å²) in [6.45, 7) is 3.30. The van der Waals surface area contributed by atoms with Crippen molar-refractivity contribution in [2.75, 3.05) is 6.61 Å². The lowest BCUT2D eigenvalue weighted by atomic mass is 10.1. The van der Waals surface area contributed by atoms with Gasteiger partial charge >= 0.3 is 0 Å². The van der Waals surface area contributed by atoms with E-state index in [9.17, 15) is 9.59 Å². The molecule has 1 aliphatic heterocycles. The first-order chi connectivity index (χ1) is 7.56. The number of rotatable bonds is 2. The molecule has 1 aromatic rings. The van der Waals surface area contributed by atoms with Crippen LogP contribution in [0.15, 0.2) is 18.2 Å². The molecule has 1 heterocycles. The predicted octanol–water partition coefficient (Wildman–Crippen LogP) is 0.972. The Morgan fingerprint density at radius 2 is 1.88 bits per heavy atom. The van der Waals surface area contributed by atoms with Crippen LogP contribution in [-0.2, 0) is 0 Å². The van der Waals surface area contributed by atoms with Crippen LogP contribution in [0.5, 0.6) is 0 Å². The second-order valence-corrected chi connectivity index (χ2v) is 4.06. The van der Waals surface area contributed by atoms with Gasteiger partial charge in [-0.15, -0.1) is 0 Å². The molecule has 0 aromatic heterocycles. The molecular formula is C12H13NO3. The number of carbonyl (C=O) groups is 2. The lowest BCUT2D eigenvalue weighted by molar-refractivity contribution is 0.0537. The minimum atomic E-state index is -0.479. The van der Waals surface area contributed by atoms with Crippen LogP contribution in [0.1, 0.15) is 33.2 Å². The first kappa shape index (κ1) is 10.8. The molecule has 0 saturated carbocycles. The Morgan fingerprint density at radius 1 is 1.25 bits per heavy atom. The fraction of sp³-hybridized carbons (Fsp3) is 0.333. The summed E-state index contributed by atoms with van der Waals surface area (Å²) in [5, 5.41) is 9.02. The Hall–Kier alpha value is -1.68. The average molecular weight is 219 g/mol. The maximum Gasteiger partial charge on any atom is 0.261 e. The highest BCUT2D eigenvalue weighted by Crippen LogP contribution is 2.25. The molecule has 1 aromatic carbocycles. The largest absolute Gasteiger partial charge is 0.394 e. The summed E-state index contributed by atoms with van der Waals surface area (Å²) in [7, 11) is 0. The number of hydrogen-bond acceptors (Lipinski definition) is 3. The Bertz CT molecular complexity index is 467. The second-order valence-electron chi connectivity index (χ2n) is 4.06. The number of carbonyl (C=O) groups excluding carboxylic acids is 2. The number of fused-ring (bicyclic) bond motifs is 1. The standard InChI is InChI=1S/C12H13NO3/c1-7-3-4-9-10(5-7)12(16)13(11(9)15)8(2)6-14/h3-5,8,14H,6H2,1-2H3. The van der Waals surface area contributed by atoms with E-state index in [4.69, 9.17) is 5.11 Å². The van der Waals surface area contributed by atoms with Crippen molar-refractivity contribution in [3.05, 3.63) is 34.9 Å². The van der Waals surface area contributed by atoms with Crippen LogP contribution in [0.2, 0.25) is 0 Å². The summed E-state index contributed by atoms with van der Waals surface area (Å²) in [6, 6.07) is 4.69. The zero-order valence-corrected chi connectivity index (χ0v) is 9.23. The third kappa shape index (κ3) is 1.42. The van der Waals surface area contributed by atoms with E-state index in [0.29, 0.717) is 11.1 Å². The van der Waals surface area contributed by atoms with Gasteiger partial charge in [0.05, 0.1) is 23.8 Å². The molecule has 0 aliphatic carbocycles. The minimum absolute atomic E-state index is 0.218. The third-order valence-corrected chi connectivity index (χ3v) is 2.78. The van der Waals surface area contributed by atoms with E-state index in [2.05, 4.69) is 0 Å². The SMILES string of the molecule is Cc1ccc2c(c1)C(=O)N(C(C)CO)C2=O. The number of benzene rings is 1. The summed E-state index contributed by atoms with van der Waals surface area (Å²) in [4.78, 5) is 25.0. The third-order valence-electron chi connectivity index (χ3n) is 2.78. The molecule has 1 N–H and O–H groups in total. The van der Waals surface area contributed by atoms with Gasteiger partial charge in [0.25, 0.3) is 11.8 Å². The van der Waals surface area contributed by atoms with Crippen molar-refractivity contribution in [2.45, 2.75) is 19.9 Å². The molecule has 16 heavy (non-hydrogen) atoms. The number of imide groups is 1. The Labute approximate surface area is 93.5 Å². The molecule has 0 saturated heterocycles. The number of aliphatic hydroxyl groups excluding tert-OH is 1. The van der Waals surface area contributed by atoms with Gasteiger partial charge in [0.1, 0.15) is 0 Å². The van der Waals surface area contributed by atoms with Gasteiger partial charge in [-0.3, -0.25) is 14.5 Å². The summed E-state index contributed by atoms with van der Waals surface area (Å²) in [6.07, 6.45) is 0. The molecule has 4 nitrogen and oxygen atoms in total.